The summed E-state index contributed by atoms with van der Waals surface area (Å²) < 4.78 is 45.7. The molecule has 11 heteroatoms. The summed E-state index contributed by atoms with van der Waals surface area (Å²) in [5, 5.41) is 10.4. The van der Waals surface area contributed by atoms with Gasteiger partial charge in [0.15, 0.2) is 11.6 Å². The highest BCUT2D eigenvalue weighted by atomic mass is 19.1. The summed E-state index contributed by atoms with van der Waals surface area (Å²) in [7, 11) is 0. The molecule has 0 aliphatic carbocycles. The minimum absolute atomic E-state index is 0.00794. The van der Waals surface area contributed by atoms with E-state index < -0.39 is 41.6 Å². The molecule has 2 aromatic rings. The van der Waals surface area contributed by atoms with Gasteiger partial charge in [0.25, 0.3) is 0 Å². The van der Waals surface area contributed by atoms with Crippen molar-refractivity contribution in [2.75, 3.05) is 44.2 Å². The van der Waals surface area contributed by atoms with Crippen LogP contribution in [0.25, 0.3) is 0 Å². The van der Waals surface area contributed by atoms with Gasteiger partial charge in [-0.1, -0.05) is 30.3 Å². The second-order valence-electron chi connectivity index (χ2n) is 10.4. The first-order valence-electron chi connectivity index (χ1n) is 12.5. The van der Waals surface area contributed by atoms with Crippen molar-refractivity contribution in [2.24, 2.45) is 0 Å². The van der Waals surface area contributed by atoms with Gasteiger partial charge < -0.3 is 34.0 Å². The lowest BCUT2D eigenvalue weighted by Crippen LogP contribution is -2.49. The molecule has 2 fully saturated rings. The van der Waals surface area contributed by atoms with E-state index in [1.165, 1.54) is 11.0 Å². The summed E-state index contributed by atoms with van der Waals surface area (Å²) in [5.74, 6) is -1.92. The normalized spacial score (nSPS) is 19.9. The molecular weight excluding hydrogens is 500 g/mol. The van der Waals surface area contributed by atoms with Crippen molar-refractivity contribution in [3.05, 3.63) is 59.7 Å². The van der Waals surface area contributed by atoms with E-state index in [1.54, 1.807) is 30.6 Å². The Labute approximate surface area is 220 Å². The highest BCUT2D eigenvalue weighted by Gasteiger charge is 2.38. The smallest absolute Gasteiger partial charge is 0.410 e. The zero-order chi connectivity index (χ0) is 27.4. The first kappa shape index (κ1) is 27.4. The molecule has 0 aromatic heterocycles. The van der Waals surface area contributed by atoms with Crippen LogP contribution in [0.1, 0.15) is 26.3 Å². The molecule has 2 aliphatic heterocycles. The Balaban J connectivity index is 1.35. The van der Waals surface area contributed by atoms with E-state index in [0.29, 0.717) is 26.2 Å². The van der Waals surface area contributed by atoms with Gasteiger partial charge in [-0.3, -0.25) is 0 Å². The van der Waals surface area contributed by atoms with E-state index in [9.17, 15) is 23.5 Å². The SMILES string of the molecule is CC(C)(C)OC(=O)N1CC(O)C(Oc2cc(N3CCN(C(=O)OCc4ccccc4)CC3)c(F)cc2F)C1. The average molecular weight is 534 g/mol. The van der Waals surface area contributed by atoms with Crippen LogP contribution in [0, 0.1) is 11.6 Å². The molecule has 2 unspecified atom stereocenters. The Hall–Kier alpha value is -3.60. The number of aliphatic hydroxyl groups is 1. The van der Waals surface area contributed by atoms with Gasteiger partial charge in [-0.2, -0.15) is 0 Å². The standard InChI is InChI=1S/C27H33F2N3O6/c1-27(2,3)38-26(35)32-15-22(33)24(16-32)37-23-14-21(19(28)13-20(23)29)30-9-11-31(12-10-30)25(34)36-17-18-7-5-4-6-8-18/h4-8,13-14,22,24,33H,9-12,15-17H2,1-3H3. The van der Waals surface area contributed by atoms with E-state index >= 15 is 0 Å². The largest absolute Gasteiger partial charge is 0.483 e. The van der Waals surface area contributed by atoms with E-state index in [0.717, 1.165) is 11.6 Å². The summed E-state index contributed by atoms with van der Waals surface area (Å²) >= 11 is 0. The maximum Gasteiger partial charge on any atom is 0.410 e. The number of rotatable bonds is 5. The van der Waals surface area contributed by atoms with Gasteiger partial charge in [0.05, 0.1) is 18.8 Å². The molecule has 0 bridgehead atoms. The predicted octanol–water partition coefficient (Wildman–Crippen LogP) is 3.78. The number of nitrogens with zero attached hydrogens (tertiary/aromatic N) is 3. The molecule has 1 N–H and O–H groups in total. The number of piperazine rings is 1. The third kappa shape index (κ3) is 6.83. The monoisotopic (exact) mass is 533 g/mol. The fourth-order valence-corrected chi connectivity index (χ4v) is 4.30. The maximum atomic E-state index is 14.7. The number of anilines is 1. The Morgan fingerprint density at radius 2 is 1.63 bits per heavy atom. The van der Waals surface area contributed by atoms with E-state index in [1.807, 2.05) is 30.3 Å². The zero-order valence-corrected chi connectivity index (χ0v) is 21.7. The molecule has 2 aromatic carbocycles. The average Bonchev–Trinajstić information content (AvgIpc) is 3.24. The number of hydrogen-bond acceptors (Lipinski definition) is 7. The molecular formula is C27H33F2N3O6. The van der Waals surface area contributed by atoms with Crippen molar-refractivity contribution < 1.29 is 37.7 Å². The topological polar surface area (TPSA) is 91.8 Å². The highest BCUT2D eigenvalue weighted by Crippen LogP contribution is 2.31. The summed E-state index contributed by atoms with van der Waals surface area (Å²) in [5.41, 5.74) is 0.291. The first-order chi connectivity index (χ1) is 18.0. The highest BCUT2D eigenvalue weighted by molar-refractivity contribution is 5.69. The molecule has 0 radical (unpaired) electrons. The van der Waals surface area contributed by atoms with Crippen LogP contribution in [0.3, 0.4) is 0 Å². The van der Waals surface area contributed by atoms with Crippen LogP contribution in [0.4, 0.5) is 24.1 Å². The van der Waals surface area contributed by atoms with Crippen LogP contribution in [-0.4, -0.2) is 84.2 Å². The number of ether oxygens (including phenoxy) is 3. The van der Waals surface area contributed by atoms with E-state index in [-0.39, 0.29) is 31.1 Å². The van der Waals surface area contributed by atoms with E-state index in [4.69, 9.17) is 14.2 Å². The number of hydrogen-bond donors (Lipinski definition) is 1. The number of benzene rings is 2. The number of aliphatic hydroxyl groups excluding tert-OH is 1. The molecule has 2 heterocycles. The Bertz CT molecular complexity index is 1140. The third-order valence-electron chi connectivity index (χ3n) is 6.25. The van der Waals surface area contributed by atoms with Crippen molar-refractivity contribution in [3.8, 4) is 5.75 Å². The van der Waals surface area contributed by atoms with Crippen LogP contribution < -0.4 is 9.64 Å². The number of likely N-dealkylation sites (tertiary alicyclic amines) is 1. The number of carbonyl (C=O) groups is 2. The molecule has 0 saturated carbocycles. The molecule has 2 amide bonds. The molecule has 206 valence electrons. The Morgan fingerprint density at radius 3 is 2.29 bits per heavy atom. The number of amides is 2. The van der Waals surface area contributed by atoms with Gasteiger partial charge in [-0.15, -0.1) is 0 Å². The molecule has 2 saturated heterocycles. The van der Waals surface area contributed by atoms with Crippen molar-refractivity contribution >= 4 is 17.9 Å². The van der Waals surface area contributed by atoms with Crippen molar-refractivity contribution in [1.29, 1.82) is 0 Å². The lowest BCUT2D eigenvalue weighted by Gasteiger charge is -2.35. The third-order valence-corrected chi connectivity index (χ3v) is 6.25. The van der Waals surface area contributed by atoms with Crippen molar-refractivity contribution in [1.82, 2.24) is 9.80 Å². The summed E-state index contributed by atoms with van der Waals surface area (Å²) in [4.78, 5) is 29.3. The van der Waals surface area contributed by atoms with Crippen LogP contribution in [0.5, 0.6) is 5.75 Å². The zero-order valence-electron chi connectivity index (χ0n) is 21.7. The minimum atomic E-state index is -1.07. The van der Waals surface area contributed by atoms with Gasteiger partial charge >= 0.3 is 12.2 Å². The van der Waals surface area contributed by atoms with Gasteiger partial charge in [-0.25, -0.2) is 18.4 Å². The van der Waals surface area contributed by atoms with Crippen LogP contribution in [-0.2, 0) is 16.1 Å². The van der Waals surface area contributed by atoms with Gasteiger partial charge in [0, 0.05) is 38.3 Å². The number of β-amino-alcohol motifs (C(OH)–C–C–N with tert-alkyl or cyclic N) is 1. The van der Waals surface area contributed by atoms with Gasteiger partial charge in [0.2, 0.25) is 0 Å². The number of halogens is 2. The fourth-order valence-electron chi connectivity index (χ4n) is 4.30. The molecule has 4 rings (SSSR count). The van der Waals surface area contributed by atoms with Crippen LogP contribution in [0.2, 0.25) is 0 Å². The Morgan fingerprint density at radius 1 is 0.947 bits per heavy atom. The molecule has 9 nitrogen and oxygen atoms in total. The second kappa shape index (κ2) is 11.4. The van der Waals surface area contributed by atoms with Crippen LogP contribution >= 0.6 is 0 Å². The predicted molar refractivity (Wildman–Crippen MR) is 135 cm³/mol. The van der Waals surface area contributed by atoms with Gasteiger partial charge in [0.1, 0.15) is 30.2 Å². The minimum Gasteiger partial charge on any atom is -0.483 e. The number of carbonyl (C=O) groups excluding carboxylic acids is 2. The summed E-state index contributed by atoms with van der Waals surface area (Å²) in [6.45, 7) is 6.52. The van der Waals surface area contributed by atoms with Gasteiger partial charge in [-0.05, 0) is 26.3 Å². The Kier molecular flexibility index (Phi) is 8.25. The van der Waals surface area contributed by atoms with Crippen molar-refractivity contribution in [2.45, 2.75) is 45.2 Å². The maximum absolute atomic E-state index is 14.7. The summed E-state index contributed by atoms with van der Waals surface area (Å²) in [6.07, 6.45) is -3.04. The molecule has 38 heavy (non-hydrogen) atoms. The summed E-state index contributed by atoms with van der Waals surface area (Å²) in [6, 6.07) is 11.3. The lowest BCUT2D eigenvalue weighted by atomic mass is 10.2. The second-order valence-corrected chi connectivity index (χ2v) is 10.4. The van der Waals surface area contributed by atoms with Crippen molar-refractivity contribution in [3.63, 3.8) is 0 Å². The lowest BCUT2D eigenvalue weighted by molar-refractivity contribution is 0.0268. The van der Waals surface area contributed by atoms with Crippen LogP contribution in [0.15, 0.2) is 42.5 Å². The quantitative estimate of drug-likeness (QED) is 0.626. The molecule has 2 atom stereocenters. The molecule has 2 aliphatic rings. The fraction of sp³-hybridized carbons (Fsp3) is 0.481. The van der Waals surface area contributed by atoms with E-state index in [2.05, 4.69) is 0 Å². The first-order valence-corrected chi connectivity index (χ1v) is 12.5. The molecule has 0 spiro atoms.